The van der Waals surface area contributed by atoms with Gasteiger partial charge in [-0.15, -0.1) is 0 Å². The maximum absolute atomic E-state index is 9.37. The number of carboxylic acid groups (broad SMARTS) is 1. The highest BCUT2D eigenvalue weighted by molar-refractivity contribution is 5.66. The fourth-order valence-electron chi connectivity index (χ4n) is 3.11. The highest BCUT2D eigenvalue weighted by Gasteiger charge is 2.29. The van der Waals surface area contributed by atoms with Crippen LogP contribution in [0.4, 0.5) is 0 Å². The average molecular weight is 226 g/mol. The molecule has 3 atom stereocenters. The molecule has 0 aromatic carbocycles. The smallest absolute Gasteiger partial charge is 0.303 e. The Hall–Kier alpha value is -0.530. The van der Waals surface area contributed by atoms with Gasteiger partial charge in [0.05, 0.1) is 0 Å². The normalized spacial score (nSPS) is 33.2. The fraction of sp³-hybridized carbons (Fsp3) is 0.929. The van der Waals surface area contributed by atoms with Crippen LogP contribution in [0.3, 0.4) is 0 Å². The van der Waals surface area contributed by atoms with Crippen molar-refractivity contribution in [3.63, 3.8) is 0 Å². The van der Waals surface area contributed by atoms with Crippen LogP contribution in [0.2, 0.25) is 0 Å². The molecule has 0 aromatic rings. The molecular weight excluding hydrogens is 200 g/mol. The van der Waals surface area contributed by atoms with Gasteiger partial charge in [0.15, 0.2) is 0 Å². The van der Waals surface area contributed by atoms with Crippen LogP contribution in [0.1, 0.15) is 65.2 Å². The van der Waals surface area contributed by atoms with Gasteiger partial charge in [-0.1, -0.05) is 46.0 Å². The maximum atomic E-state index is 9.37. The standard InChI is InChI=1S/C11H20.C3H6O2/c1-9-6-7-10-4-2-3-5-11(10)8-9;1-2-3(4)5/h9-11H,2-8H2,1H3;2H2,1H3,(H,4,5). The van der Waals surface area contributed by atoms with Crippen molar-refractivity contribution < 1.29 is 9.90 Å². The number of carbonyl (C=O) groups is 1. The minimum atomic E-state index is -0.745. The summed E-state index contributed by atoms with van der Waals surface area (Å²) in [6.07, 6.45) is 11.0. The van der Waals surface area contributed by atoms with Crippen LogP contribution in [-0.4, -0.2) is 11.1 Å². The molecule has 0 spiro atoms. The van der Waals surface area contributed by atoms with Crippen LogP contribution in [0.25, 0.3) is 0 Å². The first-order valence-corrected chi connectivity index (χ1v) is 6.85. The van der Waals surface area contributed by atoms with Crippen molar-refractivity contribution in [2.45, 2.75) is 65.2 Å². The second-order valence-electron chi connectivity index (χ2n) is 5.47. The highest BCUT2D eigenvalue weighted by atomic mass is 16.4. The van der Waals surface area contributed by atoms with E-state index in [1.54, 1.807) is 32.6 Å². The van der Waals surface area contributed by atoms with Crippen LogP contribution in [0.5, 0.6) is 0 Å². The minimum Gasteiger partial charge on any atom is -0.481 e. The van der Waals surface area contributed by atoms with Gasteiger partial charge >= 0.3 is 5.97 Å². The SMILES string of the molecule is CC1CCC2CCCCC2C1.CCC(=O)O. The molecule has 2 fully saturated rings. The number of hydrogen-bond donors (Lipinski definition) is 1. The summed E-state index contributed by atoms with van der Waals surface area (Å²) < 4.78 is 0. The summed E-state index contributed by atoms with van der Waals surface area (Å²) in [5.74, 6) is 2.56. The Bertz CT molecular complexity index is 213. The van der Waals surface area contributed by atoms with E-state index in [0.717, 1.165) is 17.8 Å². The van der Waals surface area contributed by atoms with E-state index in [0.29, 0.717) is 0 Å². The van der Waals surface area contributed by atoms with Crippen molar-refractivity contribution in [3.8, 4) is 0 Å². The summed E-state index contributed by atoms with van der Waals surface area (Å²) in [5.41, 5.74) is 0. The molecule has 0 saturated heterocycles. The molecule has 2 saturated carbocycles. The molecule has 0 radical (unpaired) electrons. The molecule has 0 heterocycles. The second-order valence-corrected chi connectivity index (χ2v) is 5.47. The van der Waals surface area contributed by atoms with Gasteiger partial charge in [0.1, 0.15) is 0 Å². The zero-order chi connectivity index (χ0) is 12.0. The van der Waals surface area contributed by atoms with E-state index >= 15 is 0 Å². The monoisotopic (exact) mass is 226 g/mol. The van der Waals surface area contributed by atoms with Crippen molar-refractivity contribution in [3.05, 3.63) is 0 Å². The van der Waals surface area contributed by atoms with E-state index in [1.807, 2.05) is 0 Å². The lowest BCUT2D eigenvalue weighted by Crippen LogP contribution is -2.26. The molecule has 0 aromatic heterocycles. The lowest BCUT2D eigenvalue weighted by atomic mass is 9.68. The Labute approximate surface area is 99.4 Å². The first kappa shape index (κ1) is 13.5. The Morgan fingerprint density at radius 1 is 1.12 bits per heavy atom. The third-order valence-corrected chi connectivity index (χ3v) is 4.10. The predicted octanol–water partition coefficient (Wildman–Crippen LogP) is 4.09. The minimum absolute atomic E-state index is 0.222. The van der Waals surface area contributed by atoms with Gasteiger partial charge in [0.25, 0.3) is 0 Å². The van der Waals surface area contributed by atoms with Crippen LogP contribution in [-0.2, 0) is 4.79 Å². The Kier molecular flexibility index (Phi) is 5.86. The third-order valence-electron chi connectivity index (χ3n) is 4.10. The predicted molar refractivity (Wildman–Crippen MR) is 66.4 cm³/mol. The van der Waals surface area contributed by atoms with Gasteiger partial charge in [0.2, 0.25) is 0 Å². The Balaban J connectivity index is 0.000000221. The summed E-state index contributed by atoms with van der Waals surface area (Å²) in [5, 5.41) is 7.72. The third kappa shape index (κ3) is 4.54. The number of carboxylic acids is 1. The van der Waals surface area contributed by atoms with E-state index in [2.05, 4.69) is 6.92 Å². The van der Waals surface area contributed by atoms with Crippen LogP contribution in [0.15, 0.2) is 0 Å². The number of rotatable bonds is 1. The topological polar surface area (TPSA) is 37.3 Å². The second kappa shape index (κ2) is 6.93. The maximum Gasteiger partial charge on any atom is 0.303 e. The van der Waals surface area contributed by atoms with Gasteiger partial charge in [-0.25, -0.2) is 0 Å². The first-order chi connectivity index (χ1) is 7.63. The zero-order valence-corrected chi connectivity index (χ0v) is 10.7. The van der Waals surface area contributed by atoms with E-state index in [4.69, 9.17) is 5.11 Å². The molecule has 2 nitrogen and oxygen atoms in total. The van der Waals surface area contributed by atoms with Crippen molar-refractivity contribution in [2.75, 3.05) is 0 Å². The van der Waals surface area contributed by atoms with Crippen LogP contribution in [0, 0.1) is 17.8 Å². The summed E-state index contributed by atoms with van der Waals surface area (Å²) in [6.45, 7) is 4.03. The van der Waals surface area contributed by atoms with Crippen molar-refractivity contribution in [1.82, 2.24) is 0 Å². The van der Waals surface area contributed by atoms with Crippen molar-refractivity contribution in [1.29, 1.82) is 0 Å². The molecule has 0 aliphatic heterocycles. The molecule has 2 aliphatic rings. The fourth-order valence-corrected chi connectivity index (χ4v) is 3.11. The molecule has 2 heteroatoms. The van der Waals surface area contributed by atoms with Crippen LogP contribution >= 0.6 is 0 Å². The zero-order valence-electron chi connectivity index (χ0n) is 10.7. The van der Waals surface area contributed by atoms with E-state index in [-0.39, 0.29) is 6.42 Å². The summed E-state index contributed by atoms with van der Waals surface area (Å²) >= 11 is 0. The molecule has 16 heavy (non-hydrogen) atoms. The number of hydrogen-bond acceptors (Lipinski definition) is 1. The molecule has 2 aliphatic carbocycles. The van der Waals surface area contributed by atoms with E-state index in [1.165, 1.54) is 19.3 Å². The summed E-state index contributed by atoms with van der Waals surface area (Å²) in [7, 11) is 0. The Morgan fingerprint density at radius 3 is 2.25 bits per heavy atom. The highest BCUT2D eigenvalue weighted by Crippen LogP contribution is 2.42. The molecule has 1 N–H and O–H groups in total. The van der Waals surface area contributed by atoms with Gasteiger partial charge < -0.3 is 5.11 Å². The molecule has 0 amide bonds. The number of aliphatic carboxylic acids is 1. The Morgan fingerprint density at radius 2 is 1.69 bits per heavy atom. The van der Waals surface area contributed by atoms with Gasteiger partial charge in [-0.05, 0) is 30.6 Å². The van der Waals surface area contributed by atoms with Gasteiger partial charge in [-0.3, -0.25) is 4.79 Å². The summed E-state index contributed by atoms with van der Waals surface area (Å²) in [4.78, 5) is 9.37. The van der Waals surface area contributed by atoms with Gasteiger partial charge in [-0.2, -0.15) is 0 Å². The average Bonchev–Trinajstić information content (AvgIpc) is 2.29. The molecule has 0 bridgehead atoms. The van der Waals surface area contributed by atoms with Gasteiger partial charge in [0, 0.05) is 6.42 Å². The number of fused-ring (bicyclic) bond motifs is 1. The van der Waals surface area contributed by atoms with E-state index in [9.17, 15) is 4.79 Å². The quantitative estimate of drug-likeness (QED) is 0.731. The lowest BCUT2D eigenvalue weighted by molar-refractivity contribution is -0.136. The summed E-state index contributed by atoms with van der Waals surface area (Å²) in [6, 6.07) is 0. The molecule has 3 unspecified atom stereocenters. The van der Waals surface area contributed by atoms with Crippen molar-refractivity contribution >= 4 is 5.97 Å². The largest absolute Gasteiger partial charge is 0.481 e. The lowest BCUT2D eigenvalue weighted by Gasteiger charge is -2.38. The molecule has 2 rings (SSSR count). The van der Waals surface area contributed by atoms with Crippen molar-refractivity contribution in [2.24, 2.45) is 17.8 Å². The van der Waals surface area contributed by atoms with E-state index < -0.39 is 5.97 Å². The first-order valence-electron chi connectivity index (χ1n) is 6.85. The van der Waals surface area contributed by atoms with Crippen LogP contribution < -0.4 is 0 Å². The molecule has 94 valence electrons. The molecular formula is C14H26O2.